The van der Waals surface area contributed by atoms with Crippen molar-refractivity contribution in [1.29, 1.82) is 0 Å². The zero-order chi connectivity index (χ0) is 21.1. The lowest BCUT2D eigenvalue weighted by Crippen LogP contribution is -2.44. The highest BCUT2D eigenvalue weighted by Gasteiger charge is 2.28. The maximum atomic E-state index is 13.0. The van der Waals surface area contributed by atoms with E-state index in [9.17, 15) is 14.4 Å². The number of nitrogens with zero attached hydrogens (tertiary/aromatic N) is 5. The Morgan fingerprint density at radius 3 is 2.62 bits per heavy atom. The number of fused-ring (bicyclic) bond motifs is 1. The second kappa shape index (κ2) is 8.53. The molecule has 0 aromatic carbocycles. The van der Waals surface area contributed by atoms with E-state index >= 15 is 0 Å². The van der Waals surface area contributed by atoms with E-state index in [2.05, 4.69) is 27.0 Å². The van der Waals surface area contributed by atoms with Gasteiger partial charge in [0.05, 0.1) is 13.2 Å². The van der Waals surface area contributed by atoms with E-state index in [1.807, 2.05) is 0 Å². The highest BCUT2D eigenvalue weighted by Crippen LogP contribution is 2.22. The summed E-state index contributed by atoms with van der Waals surface area (Å²) in [7, 11) is 1.39. The first-order valence-electron chi connectivity index (χ1n) is 9.66. The monoisotopic (exact) mass is 402 g/mol. The van der Waals surface area contributed by atoms with Gasteiger partial charge in [-0.1, -0.05) is 5.92 Å². The van der Waals surface area contributed by atoms with Gasteiger partial charge in [-0.3, -0.25) is 18.5 Å². The fourth-order valence-corrected chi connectivity index (χ4v) is 3.44. The molecule has 0 saturated carbocycles. The molecule has 2 aromatic rings. The van der Waals surface area contributed by atoms with Crippen LogP contribution in [0.25, 0.3) is 11.2 Å². The quantitative estimate of drug-likeness (QED) is 0.529. The highest BCUT2D eigenvalue weighted by molar-refractivity contribution is 5.79. The van der Waals surface area contributed by atoms with E-state index < -0.39 is 23.3 Å². The number of aromatic nitrogens is 4. The molecule has 1 unspecified atom stereocenters. The van der Waals surface area contributed by atoms with Gasteiger partial charge in [-0.2, -0.15) is 4.98 Å². The van der Waals surface area contributed by atoms with Crippen LogP contribution < -0.4 is 21.5 Å². The fourth-order valence-electron chi connectivity index (χ4n) is 3.44. The number of hydrogen-bond acceptors (Lipinski definition) is 7. The SMILES string of the molecule is CC#CCn1c(N2CCNCC2)nc2c1c(=O)n(C)c(=O)n2C(C)C(=O)OCC. The maximum Gasteiger partial charge on any atom is 0.333 e. The second-order valence-corrected chi connectivity index (χ2v) is 6.78. The number of ether oxygens (including phenoxy) is 1. The van der Waals surface area contributed by atoms with Gasteiger partial charge < -0.3 is 15.0 Å². The van der Waals surface area contributed by atoms with Crippen molar-refractivity contribution in [3.05, 3.63) is 20.8 Å². The predicted molar refractivity (Wildman–Crippen MR) is 109 cm³/mol. The molecule has 1 N–H and O–H groups in total. The topological polar surface area (TPSA) is 103 Å². The van der Waals surface area contributed by atoms with Gasteiger partial charge in [0.25, 0.3) is 5.56 Å². The van der Waals surface area contributed by atoms with Crippen molar-refractivity contribution in [2.75, 3.05) is 37.7 Å². The Hall–Kier alpha value is -3.06. The van der Waals surface area contributed by atoms with Gasteiger partial charge in [-0.15, -0.1) is 5.92 Å². The van der Waals surface area contributed by atoms with Crippen molar-refractivity contribution in [3.8, 4) is 11.8 Å². The molecule has 10 heteroatoms. The molecule has 3 rings (SSSR count). The Balaban J connectivity index is 2.33. The van der Waals surface area contributed by atoms with Crippen molar-refractivity contribution in [2.45, 2.75) is 33.4 Å². The van der Waals surface area contributed by atoms with E-state index in [0.717, 1.165) is 17.7 Å². The van der Waals surface area contributed by atoms with Crippen LogP contribution in [0.5, 0.6) is 0 Å². The maximum absolute atomic E-state index is 13.0. The minimum atomic E-state index is -0.923. The molecule has 1 saturated heterocycles. The number of nitrogens with one attached hydrogen (secondary N) is 1. The summed E-state index contributed by atoms with van der Waals surface area (Å²) in [5.41, 5.74) is -0.658. The molecule has 10 nitrogen and oxygen atoms in total. The first-order chi connectivity index (χ1) is 13.9. The number of anilines is 1. The Morgan fingerprint density at radius 1 is 1.31 bits per heavy atom. The van der Waals surface area contributed by atoms with Gasteiger partial charge in [0.2, 0.25) is 5.95 Å². The molecule has 1 fully saturated rings. The number of carbonyl (C=O) groups excluding carboxylic acids is 1. The summed E-state index contributed by atoms with van der Waals surface area (Å²) in [6.07, 6.45) is 0. The van der Waals surface area contributed by atoms with Gasteiger partial charge in [0.1, 0.15) is 6.04 Å². The molecule has 0 radical (unpaired) electrons. The fraction of sp³-hybridized carbons (Fsp3) is 0.579. The molecule has 1 atom stereocenters. The van der Waals surface area contributed by atoms with E-state index in [1.165, 1.54) is 11.6 Å². The third kappa shape index (κ3) is 3.65. The van der Waals surface area contributed by atoms with E-state index in [4.69, 9.17) is 4.74 Å². The van der Waals surface area contributed by atoms with Crippen LogP contribution in [0, 0.1) is 11.8 Å². The Bertz CT molecular complexity index is 1090. The van der Waals surface area contributed by atoms with E-state index in [0.29, 0.717) is 19.0 Å². The summed E-state index contributed by atoms with van der Waals surface area (Å²) < 4.78 is 9.05. The number of carbonyl (C=O) groups is 1. The van der Waals surface area contributed by atoms with E-state index in [1.54, 1.807) is 25.3 Å². The Labute approximate surface area is 168 Å². The Kier molecular flexibility index (Phi) is 6.08. The highest BCUT2D eigenvalue weighted by atomic mass is 16.5. The lowest BCUT2D eigenvalue weighted by molar-refractivity contribution is -0.146. The van der Waals surface area contributed by atoms with Gasteiger partial charge in [0, 0.05) is 33.2 Å². The smallest absolute Gasteiger partial charge is 0.333 e. The number of piperazine rings is 1. The van der Waals surface area contributed by atoms with Gasteiger partial charge in [-0.25, -0.2) is 9.59 Å². The number of hydrogen-bond donors (Lipinski definition) is 1. The van der Waals surface area contributed by atoms with Crippen LogP contribution in [0.2, 0.25) is 0 Å². The largest absolute Gasteiger partial charge is 0.464 e. The molecule has 2 aromatic heterocycles. The summed E-state index contributed by atoms with van der Waals surface area (Å²) in [5, 5.41) is 3.28. The zero-order valence-electron chi connectivity index (χ0n) is 17.2. The average Bonchev–Trinajstić information content (AvgIpc) is 3.10. The summed E-state index contributed by atoms with van der Waals surface area (Å²) in [6, 6.07) is -0.923. The molecule has 0 amide bonds. The first-order valence-corrected chi connectivity index (χ1v) is 9.66. The summed E-state index contributed by atoms with van der Waals surface area (Å²) in [6.45, 7) is 8.43. The standard InChI is InChI=1S/C19H26N6O4/c1-5-7-10-24-14-15(21-18(24)23-11-8-20-9-12-23)25(13(3)17(27)29-6-2)19(28)22(4)16(14)26/h13,20H,6,8-12H2,1-4H3. The minimum absolute atomic E-state index is 0.171. The molecule has 1 aliphatic rings. The van der Waals surface area contributed by atoms with Gasteiger partial charge in [0.15, 0.2) is 11.2 Å². The number of imidazole rings is 1. The van der Waals surface area contributed by atoms with Crippen LogP contribution in [0.15, 0.2) is 9.59 Å². The third-order valence-corrected chi connectivity index (χ3v) is 4.99. The van der Waals surface area contributed by atoms with Crippen molar-refractivity contribution >= 4 is 23.1 Å². The van der Waals surface area contributed by atoms with Crippen LogP contribution >= 0.6 is 0 Å². The first kappa shape index (κ1) is 20.7. The van der Waals surface area contributed by atoms with Crippen LogP contribution in [0.1, 0.15) is 26.8 Å². The van der Waals surface area contributed by atoms with Crippen LogP contribution in [0.3, 0.4) is 0 Å². The summed E-state index contributed by atoms with van der Waals surface area (Å²) in [5.74, 6) is 5.83. The zero-order valence-corrected chi connectivity index (χ0v) is 17.2. The molecule has 1 aliphatic heterocycles. The van der Waals surface area contributed by atoms with E-state index in [-0.39, 0.29) is 24.3 Å². The number of rotatable bonds is 5. The molecule has 156 valence electrons. The molecule has 0 bridgehead atoms. The van der Waals surface area contributed by atoms with Crippen LogP contribution in [0.4, 0.5) is 5.95 Å². The van der Waals surface area contributed by atoms with Crippen LogP contribution in [-0.4, -0.2) is 57.4 Å². The molecular formula is C19H26N6O4. The minimum Gasteiger partial charge on any atom is -0.464 e. The lowest BCUT2D eigenvalue weighted by Gasteiger charge is -2.28. The predicted octanol–water partition coefficient (Wildman–Crippen LogP) is -0.546. The van der Waals surface area contributed by atoms with Crippen molar-refractivity contribution < 1.29 is 9.53 Å². The second-order valence-electron chi connectivity index (χ2n) is 6.78. The van der Waals surface area contributed by atoms with Crippen molar-refractivity contribution in [1.82, 2.24) is 24.0 Å². The van der Waals surface area contributed by atoms with Crippen LogP contribution in [-0.2, 0) is 23.1 Å². The molecule has 0 spiro atoms. The third-order valence-electron chi connectivity index (χ3n) is 4.99. The number of esters is 1. The van der Waals surface area contributed by atoms with Gasteiger partial charge >= 0.3 is 11.7 Å². The normalized spacial score (nSPS) is 15.1. The Morgan fingerprint density at radius 2 is 2.00 bits per heavy atom. The van der Waals surface area contributed by atoms with Crippen molar-refractivity contribution in [3.63, 3.8) is 0 Å². The van der Waals surface area contributed by atoms with Gasteiger partial charge in [-0.05, 0) is 20.8 Å². The molecule has 29 heavy (non-hydrogen) atoms. The lowest BCUT2D eigenvalue weighted by atomic mass is 10.3. The molecule has 0 aliphatic carbocycles. The van der Waals surface area contributed by atoms with Crippen molar-refractivity contribution in [2.24, 2.45) is 7.05 Å². The molecular weight excluding hydrogens is 376 g/mol. The summed E-state index contributed by atoms with van der Waals surface area (Å²) in [4.78, 5) is 44.9. The molecule has 3 heterocycles. The average molecular weight is 402 g/mol. The summed E-state index contributed by atoms with van der Waals surface area (Å²) >= 11 is 0.